The van der Waals surface area contributed by atoms with Gasteiger partial charge in [0.15, 0.2) is 0 Å². The average molecular weight is 603 g/mol. The first-order chi connectivity index (χ1) is 23.8. The van der Waals surface area contributed by atoms with Gasteiger partial charge in [-0.25, -0.2) is 0 Å². The van der Waals surface area contributed by atoms with Gasteiger partial charge in [0.25, 0.3) is 0 Å². The Morgan fingerprint density at radius 3 is 2.46 bits per heavy atom. The number of benzene rings is 5. The van der Waals surface area contributed by atoms with Gasteiger partial charge in [0.1, 0.15) is 0 Å². The molecule has 8 unspecified atom stereocenters. The molecule has 0 bridgehead atoms. The highest BCUT2D eigenvalue weighted by atomic mass is 14.7. The van der Waals surface area contributed by atoms with Crippen LogP contribution in [0, 0.1) is 11.8 Å². The average Bonchev–Trinajstić information content (AvgIpc) is 3.92. The van der Waals surface area contributed by atoms with Crippen molar-refractivity contribution in [3.8, 4) is 0 Å². The van der Waals surface area contributed by atoms with Crippen molar-refractivity contribution < 1.29 is 0 Å². The maximum atomic E-state index is 2.70. The smallest absolute Gasteiger partial charge is 0.0330 e. The highest BCUT2D eigenvalue weighted by molar-refractivity contribution is 6.43. The first kappa shape index (κ1) is 21.3. The summed E-state index contributed by atoms with van der Waals surface area (Å²) < 4.78 is 0. The number of rotatable bonds is 0. The van der Waals surface area contributed by atoms with Crippen LogP contribution in [0.3, 0.4) is 0 Å². The predicted molar refractivity (Wildman–Crippen MR) is 193 cm³/mol. The van der Waals surface area contributed by atoms with Gasteiger partial charge in [-0.15, -0.1) is 0 Å². The molecule has 0 aliphatic heterocycles. The normalized spacial score (nSPS) is 36.3. The summed E-state index contributed by atoms with van der Waals surface area (Å²) in [5.41, 5.74) is 22.7. The van der Waals surface area contributed by atoms with Crippen molar-refractivity contribution in [2.45, 2.75) is 60.2 Å². The topological polar surface area (TPSA) is 0 Å². The zero-order valence-electron chi connectivity index (χ0n) is 26.2. The molecule has 48 heavy (non-hydrogen) atoms. The fourth-order valence-electron chi connectivity index (χ4n) is 16.9. The molecule has 0 amide bonds. The molecule has 0 heteroatoms. The monoisotopic (exact) mass is 602 g/mol. The lowest BCUT2D eigenvalue weighted by Crippen LogP contribution is -2.59. The van der Waals surface area contributed by atoms with Gasteiger partial charge in [0, 0.05) is 34.5 Å². The molecule has 218 valence electrons. The third-order valence-corrected chi connectivity index (χ3v) is 17.5. The van der Waals surface area contributed by atoms with E-state index in [0.717, 1.165) is 0 Å². The third-order valence-electron chi connectivity index (χ3n) is 17.5. The molecule has 7 aromatic rings. The van der Waals surface area contributed by atoms with Gasteiger partial charge < -0.3 is 0 Å². The molecule has 11 aliphatic carbocycles. The van der Waals surface area contributed by atoms with E-state index in [1.807, 2.05) is 27.8 Å². The molecule has 0 saturated heterocycles. The van der Waals surface area contributed by atoms with Crippen LogP contribution in [0.2, 0.25) is 0 Å². The number of allylic oxidation sites excluding steroid dienone is 5. The summed E-state index contributed by atoms with van der Waals surface area (Å²) in [4.78, 5) is 0. The highest BCUT2D eigenvalue weighted by Gasteiger charge is 2.71. The highest BCUT2D eigenvalue weighted by Crippen LogP contribution is 2.81. The summed E-state index contributed by atoms with van der Waals surface area (Å²) in [5.74, 6) is 3.26. The molecule has 1 saturated carbocycles. The minimum atomic E-state index is 0.0502. The van der Waals surface area contributed by atoms with Crippen LogP contribution in [0.5, 0.6) is 0 Å². The maximum Gasteiger partial charge on any atom is 0.0330 e. The lowest BCUT2D eigenvalue weighted by molar-refractivity contribution is 0.183. The van der Waals surface area contributed by atoms with E-state index in [4.69, 9.17) is 0 Å². The van der Waals surface area contributed by atoms with E-state index in [9.17, 15) is 0 Å². The summed E-state index contributed by atoms with van der Waals surface area (Å²) in [6.45, 7) is 0. The molecule has 0 heterocycles. The van der Waals surface area contributed by atoms with Crippen LogP contribution >= 0.6 is 0 Å². The van der Waals surface area contributed by atoms with Gasteiger partial charge >= 0.3 is 0 Å². The second kappa shape index (κ2) is 5.63. The van der Waals surface area contributed by atoms with Gasteiger partial charge in [0.2, 0.25) is 0 Å². The van der Waals surface area contributed by atoms with E-state index < -0.39 is 0 Å². The first-order valence-electron chi connectivity index (χ1n) is 18.8. The van der Waals surface area contributed by atoms with Crippen LogP contribution in [-0.2, 0) is 23.7 Å². The maximum absolute atomic E-state index is 2.70. The fraction of sp³-hybridized carbons (Fsp3) is 0.250. The molecule has 7 aromatic carbocycles. The lowest BCUT2D eigenvalue weighted by Gasteiger charge is -2.61. The summed E-state index contributed by atoms with van der Waals surface area (Å²) in [6.07, 6.45) is 15.6. The minimum Gasteiger partial charge on any atom is -0.0800 e. The second-order valence-corrected chi connectivity index (χ2v) is 17.9. The second-order valence-electron chi connectivity index (χ2n) is 17.9. The molecule has 8 atom stereocenters. The molecule has 0 N–H and O–H groups in total. The van der Waals surface area contributed by atoms with Gasteiger partial charge in [-0.1, -0.05) is 78.4 Å². The van der Waals surface area contributed by atoms with Crippen molar-refractivity contribution in [1.82, 2.24) is 0 Å². The fourth-order valence-corrected chi connectivity index (χ4v) is 16.9. The van der Waals surface area contributed by atoms with Crippen molar-refractivity contribution in [1.29, 1.82) is 0 Å². The number of fused-ring (bicyclic) bond motifs is 5. The Bertz CT molecular complexity index is 3270. The largest absolute Gasteiger partial charge is 0.0800 e. The zero-order chi connectivity index (χ0) is 29.6. The standard InChI is InChI=1S/C48H26/c1-2-4-18-16-48-28-14-13-27-25-11-9-23-21-7-5-19-20-6-8-22-24-10-12-26(28)36-34(24)39-32(22)30(20)37-29(19)31(21)38-33(23)35(25)45(47(27,48)15-17(18)3-1)43-41(38)40(37)42(39)44(43)46(36)48/h1-12,19-21,27,30-31H,13-16H2. The SMILES string of the molecule is C1=CC2C3C=CC4c5ccc6c7c8c9c%10c(c57)C4C3=C3c%10c4c9c5c7c(ccc9c1c(c4c97)C32)=C1CCC6C82Cc3ccccc3CC152. The molecular formula is C48H26. The van der Waals surface area contributed by atoms with Crippen LogP contribution in [-0.4, -0.2) is 0 Å². The molecule has 0 nitrogen and oxygen atoms in total. The van der Waals surface area contributed by atoms with E-state index in [1.165, 1.54) is 25.7 Å². The van der Waals surface area contributed by atoms with Gasteiger partial charge in [-0.05, 0) is 163 Å². The van der Waals surface area contributed by atoms with E-state index in [2.05, 4.69) is 72.8 Å². The van der Waals surface area contributed by atoms with E-state index in [1.54, 1.807) is 104 Å². The minimum absolute atomic E-state index is 0.0502. The summed E-state index contributed by atoms with van der Waals surface area (Å²) in [5, 5.41) is 18.7. The number of hydrogen-bond donors (Lipinski definition) is 0. The molecule has 1 fully saturated rings. The van der Waals surface area contributed by atoms with Crippen LogP contribution in [0.15, 0.2) is 72.3 Å². The summed E-state index contributed by atoms with van der Waals surface area (Å²) in [6, 6.07) is 20.2. The van der Waals surface area contributed by atoms with Crippen molar-refractivity contribution in [3.63, 3.8) is 0 Å². The summed E-state index contributed by atoms with van der Waals surface area (Å²) in [7, 11) is 0. The molecule has 0 aromatic heterocycles. The van der Waals surface area contributed by atoms with Crippen LogP contribution < -0.4 is 5.22 Å². The van der Waals surface area contributed by atoms with Crippen LogP contribution in [0.25, 0.3) is 71.1 Å². The lowest BCUT2D eigenvalue weighted by atomic mass is 9.40. The summed E-state index contributed by atoms with van der Waals surface area (Å²) >= 11 is 0. The Morgan fingerprint density at radius 1 is 0.625 bits per heavy atom. The molecule has 0 radical (unpaired) electrons. The molecule has 18 rings (SSSR count). The zero-order valence-corrected chi connectivity index (χ0v) is 26.2. The first-order valence-corrected chi connectivity index (χ1v) is 18.8. The Morgan fingerprint density at radius 2 is 1.50 bits per heavy atom. The Balaban J connectivity index is 1.27. The number of hydrogen-bond acceptors (Lipinski definition) is 0. The van der Waals surface area contributed by atoms with Gasteiger partial charge in [-0.2, -0.15) is 0 Å². The van der Waals surface area contributed by atoms with Crippen molar-refractivity contribution in [2.75, 3.05) is 0 Å². The quantitative estimate of drug-likeness (QED) is 0.152. The molecule has 11 aliphatic rings. The van der Waals surface area contributed by atoms with Crippen molar-refractivity contribution >= 4 is 71.1 Å². The van der Waals surface area contributed by atoms with Gasteiger partial charge in [0.05, 0.1) is 0 Å². The predicted octanol–water partition coefficient (Wildman–Crippen LogP) is 9.84. The van der Waals surface area contributed by atoms with Gasteiger partial charge in [-0.3, -0.25) is 0 Å². The van der Waals surface area contributed by atoms with Crippen molar-refractivity contribution in [2.24, 2.45) is 11.8 Å². The van der Waals surface area contributed by atoms with E-state index in [0.29, 0.717) is 35.5 Å². The Kier molecular flexibility index (Phi) is 2.50. The van der Waals surface area contributed by atoms with E-state index >= 15 is 0 Å². The Hall–Kier alpha value is -4.68. The molecular weight excluding hydrogens is 577 g/mol. The van der Waals surface area contributed by atoms with Crippen molar-refractivity contribution in [3.05, 3.63) is 133 Å². The van der Waals surface area contributed by atoms with Crippen LogP contribution in [0.1, 0.15) is 92.1 Å². The van der Waals surface area contributed by atoms with Crippen LogP contribution in [0.4, 0.5) is 0 Å². The van der Waals surface area contributed by atoms with E-state index in [-0.39, 0.29) is 10.8 Å². The molecule has 2 spiro atoms. The Labute approximate surface area is 275 Å². The third kappa shape index (κ3) is 1.46.